The quantitative estimate of drug-likeness (QED) is 0.785. The molecular weight excluding hydrogens is 372 g/mol. The van der Waals surface area contributed by atoms with Crippen molar-refractivity contribution in [1.82, 2.24) is 4.90 Å². The summed E-state index contributed by atoms with van der Waals surface area (Å²) in [4.78, 5) is 39.6. The predicted molar refractivity (Wildman–Crippen MR) is 107 cm³/mol. The van der Waals surface area contributed by atoms with Crippen LogP contribution in [0.15, 0.2) is 12.1 Å². The average molecular weight is 400 g/mol. The molecule has 1 aromatic carbocycles. The number of nitrogens with zero attached hydrogens (tertiary/aromatic N) is 1. The number of likely N-dealkylation sites (tertiary alicyclic amines) is 1. The Morgan fingerprint density at radius 2 is 1.86 bits per heavy atom. The number of amides is 2. The van der Waals surface area contributed by atoms with Gasteiger partial charge in [-0.25, -0.2) is 0 Å². The molecule has 2 aliphatic heterocycles. The summed E-state index contributed by atoms with van der Waals surface area (Å²) in [5.41, 5.74) is 0.774. The molecule has 1 saturated carbocycles. The van der Waals surface area contributed by atoms with Gasteiger partial charge in [-0.2, -0.15) is 0 Å². The molecule has 3 aliphatic rings. The Morgan fingerprint density at radius 1 is 1.14 bits per heavy atom. The minimum absolute atomic E-state index is 0.0496. The minimum Gasteiger partial charge on any atom is -0.454 e. The van der Waals surface area contributed by atoms with Gasteiger partial charge >= 0.3 is 0 Å². The molecule has 2 fully saturated rings. The SMILES string of the molecule is CC(=O)c1cc2c(cc1NC(=O)[C@@H]1CC(=O)N([C@@H]3CCC[C@H](C)[C@@H]3C)C1)OCO2. The lowest BCUT2D eigenvalue weighted by Gasteiger charge is -2.40. The smallest absolute Gasteiger partial charge is 0.231 e. The molecular formula is C22H28N2O5. The molecule has 2 amide bonds. The highest BCUT2D eigenvalue weighted by atomic mass is 16.7. The number of ether oxygens (including phenoxy) is 2. The fourth-order valence-electron chi connectivity index (χ4n) is 4.79. The van der Waals surface area contributed by atoms with Gasteiger partial charge in [-0.3, -0.25) is 14.4 Å². The summed E-state index contributed by atoms with van der Waals surface area (Å²) in [6, 6.07) is 3.43. The normalized spacial score (nSPS) is 28.5. The van der Waals surface area contributed by atoms with Crippen LogP contribution < -0.4 is 14.8 Å². The highest BCUT2D eigenvalue weighted by Crippen LogP contribution is 2.38. The van der Waals surface area contributed by atoms with E-state index in [0.29, 0.717) is 41.1 Å². The second kappa shape index (κ2) is 7.69. The lowest BCUT2D eigenvalue weighted by Crippen LogP contribution is -2.45. The summed E-state index contributed by atoms with van der Waals surface area (Å²) in [6.07, 6.45) is 3.53. The van der Waals surface area contributed by atoms with Crippen molar-refractivity contribution in [2.75, 3.05) is 18.7 Å². The molecule has 4 rings (SSSR count). The Morgan fingerprint density at radius 3 is 2.59 bits per heavy atom. The van der Waals surface area contributed by atoms with Crippen molar-refractivity contribution >= 4 is 23.3 Å². The topological polar surface area (TPSA) is 84.9 Å². The van der Waals surface area contributed by atoms with E-state index < -0.39 is 5.92 Å². The fraction of sp³-hybridized carbons (Fsp3) is 0.591. The van der Waals surface area contributed by atoms with Gasteiger partial charge in [-0.05, 0) is 31.2 Å². The Balaban J connectivity index is 1.49. The molecule has 0 spiro atoms. The van der Waals surface area contributed by atoms with E-state index in [2.05, 4.69) is 19.2 Å². The van der Waals surface area contributed by atoms with Crippen LogP contribution in [0.3, 0.4) is 0 Å². The molecule has 0 radical (unpaired) electrons. The van der Waals surface area contributed by atoms with Gasteiger partial charge in [0.2, 0.25) is 18.6 Å². The lowest BCUT2D eigenvalue weighted by atomic mass is 9.77. The van der Waals surface area contributed by atoms with Crippen LogP contribution in [-0.2, 0) is 9.59 Å². The van der Waals surface area contributed by atoms with Crippen molar-refractivity contribution in [3.63, 3.8) is 0 Å². The van der Waals surface area contributed by atoms with E-state index in [-0.39, 0.29) is 36.9 Å². The second-order valence-electron chi connectivity index (χ2n) is 8.58. The second-order valence-corrected chi connectivity index (χ2v) is 8.58. The highest BCUT2D eigenvalue weighted by molar-refractivity contribution is 6.06. The molecule has 1 saturated heterocycles. The van der Waals surface area contributed by atoms with E-state index in [1.165, 1.54) is 13.3 Å². The number of carbonyl (C=O) groups excluding carboxylic acids is 3. The van der Waals surface area contributed by atoms with Gasteiger partial charge in [0.15, 0.2) is 17.3 Å². The van der Waals surface area contributed by atoms with Crippen molar-refractivity contribution in [2.24, 2.45) is 17.8 Å². The minimum atomic E-state index is -0.419. The third-order valence-corrected chi connectivity index (χ3v) is 6.74. The summed E-state index contributed by atoms with van der Waals surface area (Å²) in [7, 11) is 0. The Bertz CT molecular complexity index is 852. The van der Waals surface area contributed by atoms with Crippen molar-refractivity contribution < 1.29 is 23.9 Å². The average Bonchev–Trinajstić information content (AvgIpc) is 3.29. The maximum atomic E-state index is 12.9. The molecule has 156 valence electrons. The first-order chi connectivity index (χ1) is 13.8. The number of rotatable bonds is 4. The van der Waals surface area contributed by atoms with Crippen molar-refractivity contribution in [1.29, 1.82) is 0 Å². The molecule has 2 heterocycles. The first kappa shape index (κ1) is 19.7. The number of benzene rings is 1. The largest absolute Gasteiger partial charge is 0.454 e. The zero-order valence-electron chi connectivity index (χ0n) is 17.2. The third-order valence-electron chi connectivity index (χ3n) is 6.74. The number of carbonyl (C=O) groups is 3. The van der Waals surface area contributed by atoms with Crippen LogP contribution in [-0.4, -0.2) is 41.9 Å². The Labute approximate surface area is 170 Å². The molecule has 7 nitrogen and oxygen atoms in total. The molecule has 7 heteroatoms. The van der Waals surface area contributed by atoms with Gasteiger partial charge < -0.3 is 19.7 Å². The van der Waals surface area contributed by atoms with Crippen LogP contribution in [0, 0.1) is 17.8 Å². The molecule has 29 heavy (non-hydrogen) atoms. The number of nitrogens with one attached hydrogen (secondary N) is 1. The predicted octanol–water partition coefficient (Wildman–Crippen LogP) is 3.23. The van der Waals surface area contributed by atoms with Crippen molar-refractivity contribution in [3.8, 4) is 11.5 Å². The van der Waals surface area contributed by atoms with E-state index >= 15 is 0 Å². The number of anilines is 1. The zero-order chi connectivity index (χ0) is 20.7. The summed E-state index contributed by atoms with van der Waals surface area (Å²) < 4.78 is 10.7. The first-order valence-electron chi connectivity index (χ1n) is 10.4. The number of hydrogen-bond acceptors (Lipinski definition) is 5. The van der Waals surface area contributed by atoms with Crippen LogP contribution >= 0.6 is 0 Å². The summed E-state index contributed by atoms with van der Waals surface area (Å²) in [5, 5.41) is 2.85. The summed E-state index contributed by atoms with van der Waals surface area (Å²) in [6.45, 7) is 6.42. The molecule has 1 aliphatic carbocycles. The molecule has 1 N–H and O–H groups in total. The fourth-order valence-corrected chi connectivity index (χ4v) is 4.79. The lowest BCUT2D eigenvalue weighted by molar-refractivity contribution is -0.131. The van der Waals surface area contributed by atoms with Crippen LogP contribution in [0.25, 0.3) is 0 Å². The van der Waals surface area contributed by atoms with Crippen LogP contribution in [0.4, 0.5) is 5.69 Å². The highest BCUT2D eigenvalue weighted by Gasteiger charge is 2.41. The third kappa shape index (κ3) is 3.70. The van der Waals surface area contributed by atoms with Crippen molar-refractivity contribution in [2.45, 2.75) is 52.5 Å². The van der Waals surface area contributed by atoms with Gasteiger partial charge in [-0.1, -0.05) is 26.7 Å². The Kier molecular flexibility index (Phi) is 5.23. The Hall–Kier alpha value is -2.57. The van der Waals surface area contributed by atoms with Crippen LogP contribution in [0.2, 0.25) is 0 Å². The van der Waals surface area contributed by atoms with Gasteiger partial charge in [0.05, 0.1) is 11.6 Å². The number of ketones is 1. The van der Waals surface area contributed by atoms with E-state index in [9.17, 15) is 14.4 Å². The molecule has 0 unspecified atom stereocenters. The van der Waals surface area contributed by atoms with E-state index in [0.717, 1.165) is 12.8 Å². The maximum absolute atomic E-state index is 12.9. The monoisotopic (exact) mass is 400 g/mol. The zero-order valence-corrected chi connectivity index (χ0v) is 17.2. The van der Waals surface area contributed by atoms with Gasteiger partial charge in [0.1, 0.15) is 0 Å². The number of fused-ring (bicyclic) bond motifs is 1. The van der Waals surface area contributed by atoms with Crippen LogP contribution in [0.1, 0.15) is 56.8 Å². The van der Waals surface area contributed by atoms with Gasteiger partial charge in [-0.15, -0.1) is 0 Å². The first-order valence-corrected chi connectivity index (χ1v) is 10.4. The molecule has 1 aromatic rings. The van der Waals surface area contributed by atoms with E-state index in [1.54, 1.807) is 12.1 Å². The standard InChI is InChI=1S/C22H28N2O5/c1-12-5-4-6-18(13(12)2)24-10-15(7-21(24)26)22(27)23-17-9-20-19(28-11-29-20)8-16(17)14(3)25/h8-9,12-13,15,18H,4-7,10-11H2,1-3H3,(H,23,27)/t12-,13-,15+,18+/m0/s1. The van der Waals surface area contributed by atoms with Gasteiger partial charge in [0.25, 0.3) is 0 Å². The maximum Gasteiger partial charge on any atom is 0.231 e. The van der Waals surface area contributed by atoms with Crippen LogP contribution in [0.5, 0.6) is 11.5 Å². The molecule has 4 atom stereocenters. The summed E-state index contributed by atoms with van der Waals surface area (Å²) >= 11 is 0. The van der Waals surface area contributed by atoms with E-state index in [1.807, 2.05) is 4.90 Å². The van der Waals surface area contributed by atoms with Gasteiger partial charge in [0, 0.05) is 30.6 Å². The van der Waals surface area contributed by atoms with E-state index in [4.69, 9.17) is 9.47 Å². The number of hydrogen-bond donors (Lipinski definition) is 1. The van der Waals surface area contributed by atoms with Crippen molar-refractivity contribution in [3.05, 3.63) is 17.7 Å². The molecule has 0 bridgehead atoms. The summed E-state index contributed by atoms with van der Waals surface area (Å²) in [5.74, 6) is 1.24. The molecule has 0 aromatic heterocycles. The number of Topliss-reactive ketones (excluding diaryl/α,β-unsaturated/α-hetero) is 1.